The van der Waals surface area contributed by atoms with Crippen LogP contribution in [0.15, 0.2) is 59.5 Å². The third-order valence-corrected chi connectivity index (χ3v) is 8.50. The Morgan fingerprint density at radius 1 is 0.950 bits per heavy atom. The van der Waals surface area contributed by atoms with Crippen molar-refractivity contribution in [3.05, 3.63) is 71.3 Å². The second-order valence-electron chi connectivity index (χ2n) is 10.5. The van der Waals surface area contributed by atoms with Crippen molar-refractivity contribution in [2.45, 2.75) is 50.7 Å². The molecular weight excluding hydrogens is 532 g/mol. The molecule has 0 saturated carbocycles. The fourth-order valence-corrected chi connectivity index (χ4v) is 6.39. The SMILES string of the molecule is COc1ccc2c(c1)C(NC(=O)CN(c1cc(C)cc(C)c1)S(=O)(=O)c1ccc(OC)c(OC)c1)CC(C)(C)O2. The van der Waals surface area contributed by atoms with Gasteiger partial charge in [0.05, 0.1) is 38.0 Å². The summed E-state index contributed by atoms with van der Waals surface area (Å²) in [5.41, 5.74) is 2.35. The first-order valence-electron chi connectivity index (χ1n) is 12.9. The van der Waals surface area contributed by atoms with Crippen molar-refractivity contribution in [1.82, 2.24) is 5.32 Å². The molecule has 0 aliphatic carbocycles. The molecule has 1 aliphatic rings. The van der Waals surface area contributed by atoms with E-state index in [9.17, 15) is 13.2 Å². The van der Waals surface area contributed by atoms with Crippen molar-refractivity contribution in [3.8, 4) is 23.0 Å². The number of rotatable bonds is 9. The molecule has 0 spiro atoms. The van der Waals surface area contributed by atoms with Crippen LogP contribution in [0.4, 0.5) is 5.69 Å². The van der Waals surface area contributed by atoms with E-state index in [-0.39, 0.29) is 10.6 Å². The Balaban J connectivity index is 1.71. The Labute approximate surface area is 236 Å². The Hall–Kier alpha value is -3.92. The average Bonchev–Trinajstić information content (AvgIpc) is 2.89. The Morgan fingerprint density at radius 2 is 1.62 bits per heavy atom. The molecule has 1 aliphatic heterocycles. The number of carbonyl (C=O) groups is 1. The molecule has 0 bridgehead atoms. The van der Waals surface area contributed by atoms with Crippen LogP contribution in [0.2, 0.25) is 0 Å². The van der Waals surface area contributed by atoms with Crippen molar-refractivity contribution < 1.29 is 32.2 Å². The number of nitrogens with zero attached hydrogens (tertiary/aromatic N) is 1. The fraction of sp³-hybridized carbons (Fsp3) is 0.367. The summed E-state index contributed by atoms with van der Waals surface area (Å²) in [5.74, 6) is 1.48. The zero-order chi connectivity index (χ0) is 29.2. The first-order valence-corrected chi connectivity index (χ1v) is 14.3. The highest BCUT2D eigenvalue weighted by atomic mass is 32.2. The summed E-state index contributed by atoms with van der Waals surface area (Å²) in [5, 5.41) is 3.05. The zero-order valence-electron chi connectivity index (χ0n) is 23.9. The van der Waals surface area contributed by atoms with Gasteiger partial charge in [0.2, 0.25) is 5.91 Å². The van der Waals surface area contributed by atoms with E-state index in [1.807, 2.05) is 45.9 Å². The number of amides is 1. The van der Waals surface area contributed by atoms with Crippen LogP contribution < -0.4 is 28.6 Å². The van der Waals surface area contributed by atoms with Gasteiger partial charge < -0.3 is 24.3 Å². The van der Waals surface area contributed by atoms with Gasteiger partial charge in [-0.2, -0.15) is 0 Å². The standard InChI is InChI=1S/C30H36N2O7S/c1-19-12-20(2)14-21(13-19)32(40(34,35)23-9-11-27(37-6)28(16-23)38-7)18-29(33)31-25-17-30(3,4)39-26-10-8-22(36-5)15-24(25)26/h8-16,25H,17-18H2,1-7H3,(H,31,33). The molecule has 3 aromatic carbocycles. The number of anilines is 1. The molecule has 0 fully saturated rings. The zero-order valence-corrected chi connectivity index (χ0v) is 24.7. The summed E-state index contributed by atoms with van der Waals surface area (Å²) in [6.45, 7) is 7.22. The van der Waals surface area contributed by atoms with Crippen LogP contribution in [0.5, 0.6) is 23.0 Å². The van der Waals surface area contributed by atoms with Gasteiger partial charge in [-0.05, 0) is 81.3 Å². The predicted molar refractivity (Wildman–Crippen MR) is 153 cm³/mol. The van der Waals surface area contributed by atoms with Gasteiger partial charge >= 0.3 is 0 Å². The van der Waals surface area contributed by atoms with Crippen LogP contribution in [0.3, 0.4) is 0 Å². The Bertz CT molecular complexity index is 1500. The minimum Gasteiger partial charge on any atom is -0.497 e. The Morgan fingerprint density at radius 3 is 2.25 bits per heavy atom. The lowest BCUT2D eigenvalue weighted by Crippen LogP contribution is -2.45. The molecule has 1 atom stereocenters. The molecule has 3 aromatic rings. The van der Waals surface area contributed by atoms with E-state index in [2.05, 4.69) is 5.32 Å². The molecule has 0 aromatic heterocycles. The van der Waals surface area contributed by atoms with Crippen LogP contribution in [0, 0.1) is 13.8 Å². The molecule has 214 valence electrons. The van der Waals surface area contributed by atoms with Gasteiger partial charge in [0.25, 0.3) is 10.0 Å². The van der Waals surface area contributed by atoms with E-state index < -0.39 is 34.1 Å². The van der Waals surface area contributed by atoms with Crippen molar-refractivity contribution in [3.63, 3.8) is 0 Å². The summed E-state index contributed by atoms with van der Waals surface area (Å²) < 4.78 is 51.3. The van der Waals surface area contributed by atoms with E-state index in [1.54, 1.807) is 25.3 Å². The van der Waals surface area contributed by atoms with E-state index in [4.69, 9.17) is 18.9 Å². The van der Waals surface area contributed by atoms with Gasteiger partial charge in [-0.25, -0.2) is 8.42 Å². The van der Waals surface area contributed by atoms with Crippen LogP contribution in [-0.4, -0.2) is 47.8 Å². The lowest BCUT2D eigenvalue weighted by molar-refractivity contribution is -0.120. The normalized spacial score (nSPS) is 15.8. The molecular formula is C30H36N2O7S. The maximum Gasteiger partial charge on any atom is 0.264 e. The average molecular weight is 569 g/mol. The number of sulfonamides is 1. The van der Waals surface area contributed by atoms with Crippen LogP contribution in [0.25, 0.3) is 0 Å². The van der Waals surface area contributed by atoms with Gasteiger partial charge in [0.1, 0.15) is 23.6 Å². The summed E-state index contributed by atoms with van der Waals surface area (Å²) in [4.78, 5) is 13.6. The molecule has 1 unspecified atom stereocenters. The molecule has 1 heterocycles. The first kappa shape index (κ1) is 29.1. The van der Waals surface area contributed by atoms with Crippen LogP contribution >= 0.6 is 0 Å². The van der Waals surface area contributed by atoms with Gasteiger partial charge in [-0.15, -0.1) is 0 Å². The number of nitrogens with one attached hydrogen (secondary N) is 1. The number of benzene rings is 3. The van der Waals surface area contributed by atoms with Crippen molar-refractivity contribution in [1.29, 1.82) is 0 Å². The molecule has 0 radical (unpaired) electrons. The first-order chi connectivity index (χ1) is 18.9. The van der Waals surface area contributed by atoms with Gasteiger partial charge in [0, 0.05) is 18.1 Å². The van der Waals surface area contributed by atoms with Gasteiger partial charge in [0.15, 0.2) is 11.5 Å². The number of methoxy groups -OCH3 is 3. The van der Waals surface area contributed by atoms with E-state index in [1.165, 1.54) is 32.4 Å². The quantitative estimate of drug-likeness (QED) is 0.390. The number of hydrogen-bond donors (Lipinski definition) is 1. The summed E-state index contributed by atoms with van der Waals surface area (Å²) in [6.07, 6.45) is 0.491. The van der Waals surface area contributed by atoms with Gasteiger partial charge in [-0.3, -0.25) is 9.10 Å². The fourth-order valence-electron chi connectivity index (χ4n) is 4.97. The third kappa shape index (κ3) is 6.12. The van der Waals surface area contributed by atoms with E-state index in [0.717, 1.165) is 21.0 Å². The van der Waals surface area contributed by atoms with Crippen molar-refractivity contribution in [2.75, 3.05) is 32.2 Å². The smallest absolute Gasteiger partial charge is 0.264 e. The highest BCUT2D eigenvalue weighted by Crippen LogP contribution is 2.41. The van der Waals surface area contributed by atoms with Crippen molar-refractivity contribution >= 4 is 21.6 Å². The monoisotopic (exact) mass is 568 g/mol. The van der Waals surface area contributed by atoms with Crippen LogP contribution in [0.1, 0.15) is 43.0 Å². The maximum atomic E-state index is 14.0. The largest absolute Gasteiger partial charge is 0.497 e. The molecule has 4 rings (SSSR count). The maximum absolute atomic E-state index is 14.0. The topological polar surface area (TPSA) is 103 Å². The van der Waals surface area contributed by atoms with Crippen molar-refractivity contribution in [2.24, 2.45) is 0 Å². The minimum atomic E-state index is -4.18. The molecule has 9 nitrogen and oxygen atoms in total. The summed E-state index contributed by atoms with van der Waals surface area (Å²) in [6, 6.07) is 14.8. The third-order valence-electron chi connectivity index (χ3n) is 6.73. The van der Waals surface area contributed by atoms with E-state index >= 15 is 0 Å². The van der Waals surface area contributed by atoms with Gasteiger partial charge in [-0.1, -0.05) is 6.07 Å². The Kier molecular flexibility index (Phi) is 8.20. The van der Waals surface area contributed by atoms with E-state index in [0.29, 0.717) is 29.4 Å². The number of carbonyl (C=O) groups excluding carboxylic acids is 1. The molecule has 1 N–H and O–H groups in total. The lowest BCUT2D eigenvalue weighted by Gasteiger charge is -2.38. The number of hydrogen-bond acceptors (Lipinski definition) is 7. The number of aryl methyl sites for hydroxylation is 2. The highest BCUT2D eigenvalue weighted by Gasteiger charge is 2.36. The highest BCUT2D eigenvalue weighted by molar-refractivity contribution is 7.92. The number of fused-ring (bicyclic) bond motifs is 1. The second-order valence-corrected chi connectivity index (χ2v) is 12.3. The molecule has 10 heteroatoms. The molecule has 0 saturated heterocycles. The minimum absolute atomic E-state index is 0.0283. The predicted octanol–water partition coefficient (Wildman–Crippen LogP) is 4.94. The molecule has 1 amide bonds. The molecule has 40 heavy (non-hydrogen) atoms. The lowest BCUT2D eigenvalue weighted by atomic mass is 9.89. The number of ether oxygens (including phenoxy) is 4. The second kappa shape index (κ2) is 11.3. The van der Waals surface area contributed by atoms with Crippen LogP contribution in [-0.2, 0) is 14.8 Å². The summed E-state index contributed by atoms with van der Waals surface area (Å²) >= 11 is 0. The summed E-state index contributed by atoms with van der Waals surface area (Å²) in [7, 11) is 0.302.